The zero-order valence-corrected chi connectivity index (χ0v) is 18.4. The number of halogens is 1. The Labute approximate surface area is 182 Å². The highest BCUT2D eigenvalue weighted by Crippen LogP contribution is 2.34. The molecule has 2 aromatic carbocycles. The summed E-state index contributed by atoms with van der Waals surface area (Å²) in [5.41, 5.74) is 3.78. The number of hydrogen-bond donors (Lipinski definition) is 1. The van der Waals surface area contributed by atoms with Gasteiger partial charge in [0, 0.05) is 49.6 Å². The molecule has 0 fully saturated rings. The smallest absolute Gasteiger partial charge is 0.254 e. The van der Waals surface area contributed by atoms with Gasteiger partial charge in [0.2, 0.25) is 5.91 Å². The Kier molecular flexibility index (Phi) is 6.48. The average molecular weight is 428 g/mol. The summed E-state index contributed by atoms with van der Waals surface area (Å²) in [5, 5.41) is 9.94. The maximum atomic E-state index is 13.1. The molecule has 0 aromatic heterocycles. The second kappa shape index (κ2) is 8.90. The van der Waals surface area contributed by atoms with Crippen LogP contribution in [0, 0.1) is 6.92 Å². The Balaban J connectivity index is 1.82. The summed E-state index contributed by atoms with van der Waals surface area (Å²) < 4.78 is 0. The highest BCUT2D eigenvalue weighted by atomic mass is 35.5. The van der Waals surface area contributed by atoms with Crippen LogP contribution in [-0.4, -0.2) is 54.4 Å². The second-order valence-electron chi connectivity index (χ2n) is 7.71. The van der Waals surface area contributed by atoms with Crippen LogP contribution in [0.2, 0.25) is 5.02 Å². The molecule has 0 bridgehead atoms. The lowest BCUT2D eigenvalue weighted by Crippen LogP contribution is -2.27. The van der Waals surface area contributed by atoms with E-state index in [-0.39, 0.29) is 22.6 Å². The molecule has 0 radical (unpaired) electrons. The average Bonchev–Trinajstić information content (AvgIpc) is 3.15. The molecule has 2 amide bonds. The van der Waals surface area contributed by atoms with Crippen molar-refractivity contribution in [3.05, 3.63) is 69.8 Å². The minimum absolute atomic E-state index is 0.0415. The Bertz CT molecular complexity index is 1020. The van der Waals surface area contributed by atoms with E-state index >= 15 is 0 Å². The molecule has 158 valence electrons. The first kappa shape index (κ1) is 21.9. The fraction of sp³-hybridized carbons (Fsp3) is 0.304. The number of anilines is 1. The van der Waals surface area contributed by atoms with Crippen LogP contribution in [0.15, 0.2) is 42.5 Å². The molecule has 0 unspecified atom stereocenters. The van der Waals surface area contributed by atoms with Crippen LogP contribution < -0.4 is 4.90 Å². The summed E-state index contributed by atoms with van der Waals surface area (Å²) in [6.45, 7) is 3.26. The normalized spacial score (nSPS) is 13.2. The molecule has 0 saturated carbocycles. The van der Waals surface area contributed by atoms with E-state index in [1.54, 1.807) is 35.9 Å². The van der Waals surface area contributed by atoms with Gasteiger partial charge in [-0.25, -0.2) is 0 Å². The van der Waals surface area contributed by atoms with E-state index in [0.29, 0.717) is 30.8 Å². The van der Waals surface area contributed by atoms with Gasteiger partial charge in [-0.2, -0.15) is 0 Å². The second-order valence-corrected chi connectivity index (χ2v) is 8.09. The zero-order chi connectivity index (χ0) is 22.0. The fourth-order valence-electron chi connectivity index (χ4n) is 3.53. The van der Waals surface area contributed by atoms with Gasteiger partial charge in [-0.15, -0.1) is 0 Å². The Hall–Kier alpha value is -2.83. The first-order valence-electron chi connectivity index (χ1n) is 9.67. The van der Waals surface area contributed by atoms with Gasteiger partial charge < -0.3 is 19.8 Å². The van der Waals surface area contributed by atoms with Crippen LogP contribution in [0.4, 0.5) is 5.69 Å². The molecule has 0 saturated heterocycles. The van der Waals surface area contributed by atoms with Crippen molar-refractivity contribution in [2.45, 2.75) is 20.0 Å². The predicted molar refractivity (Wildman–Crippen MR) is 119 cm³/mol. The molecule has 3 rings (SSSR count). The van der Waals surface area contributed by atoms with Crippen molar-refractivity contribution in [1.29, 1.82) is 0 Å². The standard InChI is InChI=1S/C23H26ClN3O3/c1-15-17(10-11-20(28)22(15)24)23(30)27-13-16-7-5-8-19(18(16)14-27)26(4)21(29)9-6-12-25(2)3/h5-11,28H,12-14H2,1-4H3/b9-6+. The van der Waals surface area contributed by atoms with Gasteiger partial charge in [0.05, 0.1) is 5.02 Å². The first-order valence-corrected chi connectivity index (χ1v) is 10.1. The van der Waals surface area contributed by atoms with Crippen LogP contribution in [0.3, 0.4) is 0 Å². The maximum absolute atomic E-state index is 13.1. The van der Waals surface area contributed by atoms with Crippen molar-refractivity contribution < 1.29 is 14.7 Å². The molecule has 1 heterocycles. The number of fused-ring (bicyclic) bond motifs is 1. The van der Waals surface area contributed by atoms with Gasteiger partial charge >= 0.3 is 0 Å². The molecule has 7 heteroatoms. The number of nitrogens with zero attached hydrogens (tertiary/aromatic N) is 3. The summed E-state index contributed by atoms with van der Waals surface area (Å²) in [7, 11) is 5.63. The number of phenolic OH excluding ortho intramolecular Hbond substituents is 1. The van der Waals surface area contributed by atoms with Crippen LogP contribution in [0.5, 0.6) is 5.75 Å². The quantitative estimate of drug-likeness (QED) is 0.740. The number of rotatable bonds is 5. The van der Waals surface area contributed by atoms with Crippen molar-refractivity contribution in [3.8, 4) is 5.75 Å². The van der Waals surface area contributed by atoms with E-state index in [2.05, 4.69) is 0 Å². The van der Waals surface area contributed by atoms with Crippen LogP contribution in [0.1, 0.15) is 27.0 Å². The molecule has 2 aromatic rings. The molecule has 1 N–H and O–H groups in total. The third-order valence-corrected chi connectivity index (χ3v) is 5.74. The summed E-state index contributed by atoms with van der Waals surface area (Å²) in [6.07, 6.45) is 3.40. The van der Waals surface area contributed by atoms with Crippen molar-refractivity contribution in [2.75, 3.05) is 32.6 Å². The monoisotopic (exact) mass is 427 g/mol. The number of carbonyl (C=O) groups is 2. The third kappa shape index (κ3) is 4.35. The van der Waals surface area contributed by atoms with Crippen molar-refractivity contribution >= 4 is 29.1 Å². The topological polar surface area (TPSA) is 64.1 Å². The van der Waals surface area contributed by atoms with E-state index in [9.17, 15) is 14.7 Å². The number of likely N-dealkylation sites (N-methyl/N-ethyl adjacent to an activating group) is 2. The number of aromatic hydroxyl groups is 1. The molecule has 0 atom stereocenters. The van der Waals surface area contributed by atoms with E-state index in [1.807, 2.05) is 43.3 Å². The molecule has 30 heavy (non-hydrogen) atoms. The number of benzene rings is 2. The van der Waals surface area contributed by atoms with E-state index in [1.165, 1.54) is 6.07 Å². The lowest BCUT2D eigenvalue weighted by atomic mass is 10.1. The van der Waals surface area contributed by atoms with Crippen LogP contribution >= 0.6 is 11.6 Å². The fourth-order valence-corrected chi connectivity index (χ4v) is 3.69. The Morgan fingerprint density at radius 3 is 2.60 bits per heavy atom. The highest BCUT2D eigenvalue weighted by Gasteiger charge is 2.29. The largest absolute Gasteiger partial charge is 0.506 e. The molecule has 6 nitrogen and oxygen atoms in total. The third-order valence-electron chi connectivity index (χ3n) is 5.27. The molecule has 1 aliphatic heterocycles. The van der Waals surface area contributed by atoms with Gasteiger partial charge in [0.15, 0.2) is 0 Å². The predicted octanol–water partition coefficient (Wildman–Crippen LogP) is 3.59. The number of phenols is 1. The van der Waals surface area contributed by atoms with Gasteiger partial charge in [0.25, 0.3) is 5.91 Å². The van der Waals surface area contributed by atoms with Crippen LogP contribution in [0.25, 0.3) is 0 Å². The SMILES string of the molecule is Cc1c(C(=O)N2Cc3cccc(N(C)C(=O)/C=C/CN(C)C)c3C2)ccc(O)c1Cl. The summed E-state index contributed by atoms with van der Waals surface area (Å²) in [5.74, 6) is -0.312. The molecular formula is C23H26ClN3O3. The molecule has 0 spiro atoms. The minimum Gasteiger partial charge on any atom is -0.506 e. The van der Waals surface area contributed by atoms with Crippen LogP contribution in [-0.2, 0) is 17.9 Å². The molecular weight excluding hydrogens is 402 g/mol. The van der Waals surface area contributed by atoms with Crippen molar-refractivity contribution in [1.82, 2.24) is 9.80 Å². The van der Waals surface area contributed by atoms with Gasteiger partial charge in [-0.1, -0.05) is 29.8 Å². The lowest BCUT2D eigenvalue weighted by molar-refractivity contribution is -0.113. The molecule has 1 aliphatic rings. The number of carbonyl (C=O) groups excluding carboxylic acids is 2. The van der Waals surface area contributed by atoms with E-state index in [4.69, 9.17) is 11.6 Å². The Morgan fingerprint density at radius 1 is 1.17 bits per heavy atom. The summed E-state index contributed by atoms with van der Waals surface area (Å²) in [4.78, 5) is 31.0. The Morgan fingerprint density at radius 2 is 1.90 bits per heavy atom. The maximum Gasteiger partial charge on any atom is 0.254 e. The number of amides is 2. The molecule has 0 aliphatic carbocycles. The summed E-state index contributed by atoms with van der Waals surface area (Å²) >= 11 is 6.11. The highest BCUT2D eigenvalue weighted by molar-refractivity contribution is 6.33. The van der Waals surface area contributed by atoms with Crippen molar-refractivity contribution in [3.63, 3.8) is 0 Å². The first-order chi connectivity index (χ1) is 14.2. The zero-order valence-electron chi connectivity index (χ0n) is 17.6. The lowest BCUT2D eigenvalue weighted by Gasteiger charge is -2.20. The van der Waals surface area contributed by atoms with Crippen molar-refractivity contribution in [2.24, 2.45) is 0 Å². The van der Waals surface area contributed by atoms with Gasteiger partial charge in [0.1, 0.15) is 5.75 Å². The number of hydrogen-bond acceptors (Lipinski definition) is 4. The van der Waals surface area contributed by atoms with Gasteiger partial charge in [-0.05, 0) is 50.3 Å². The minimum atomic E-state index is -0.156. The summed E-state index contributed by atoms with van der Waals surface area (Å²) in [6, 6.07) is 8.80. The van der Waals surface area contributed by atoms with E-state index in [0.717, 1.165) is 16.8 Å². The van der Waals surface area contributed by atoms with E-state index < -0.39 is 0 Å². The van der Waals surface area contributed by atoms with Gasteiger partial charge in [-0.3, -0.25) is 9.59 Å².